The van der Waals surface area contributed by atoms with Crippen molar-refractivity contribution < 1.29 is 13.0 Å². The molecule has 2 atom stereocenters. The van der Waals surface area contributed by atoms with Crippen LogP contribution in [0.15, 0.2) is 30.3 Å². The van der Waals surface area contributed by atoms with Gasteiger partial charge in [0.15, 0.2) is 29.1 Å². The molecule has 1 aromatic rings. The van der Waals surface area contributed by atoms with Crippen LogP contribution in [0.4, 0.5) is 0 Å². The first kappa shape index (κ1) is 11.4. The van der Waals surface area contributed by atoms with E-state index in [1.54, 1.807) is 24.3 Å². The standard InChI is InChI=1S/C9H10INO3/c10-14-9(13)8(12)7(11)6-4-2-1-3-5-6/h1-5,7-8,12H,11H2/t7?,8-/m0/s1. The molecule has 0 aromatic heterocycles. The Hall–Kier alpha value is -0.660. The molecule has 5 heteroatoms. The first-order valence-electron chi connectivity index (χ1n) is 3.98. The first-order chi connectivity index (χ1) is 6.66. The fourth-order valence-electron chi connectivity index (χ4n) is 1.05. The van der Waals surface area contributed by atoms with E-state index in [4.69, 9.17) is 5.73 Å². The summed E-state index contributed by atoms with van der Waals surface area (Å²) in [5.74, 6) is -0.734. The lowest BCUT2D eigenvalue weighted by Crippen LogP contribution is -2.33. The Balaban J connectivity index is 2.75. The minimum absolute atomic E-state index is 0.696. The van der Waals surface area contributed by atoms with Crippen LogP contribution in [0.5, 0.6) is 0 Å². The smallest absolute Gasteiger partial charge is 0.346 e. The van der Waals surface area contributed by atoms with Crippen molar-refractivity contribution in [3.05, 3.63) is 35.9 Å². The second-order valence-electron chi connectivity index (χ2n) is 2.78. The van der Waals surface area contributed by atoms with Crippen molar-refractivity contribution in [3.8, 4) is 0 Å². The number of hydrogen-bond donors (Lipinski definition) is 2. The van der Waals surface area contributed by atoms with Crippen LogP contribution >= 0.6 is 23.0 Å². The van der Waals surface area contributed by atoms with Gasteiger partial charge in [0.25, 0.3) is 0 Å². The van der Waals surface area contributed by atoms with E-state index in [-0.39, 0.29) is 0 Å². The van der Waals surface area contributed by atoms with Gasteiger partial charge in [-0.25, -0.2) is 4.79 Å². The lowest BCUT2D eigenvalue weighted by molar-refractivity contribution is -0.141. The summed E-state index contributed by atoms with van der Waals surface area (Å²) < 4.78 is 4.36. The zero-order chi connectivity index (χ0) is 10.6. The molecule has 76 valence electrons. The summed E-state index contributed by atoms with van der Waals surface area (Å²) in [6.45, 7) is 0. The second-order valence-corrected chi connectivity index (χ2v) is 3.22. The highest BCUT2D eigenvalue weighted by atomic mass is 127. The number of benzene rings is 1. The van der Waals surface area contributed by atoms with E-state index < -0.39 is 18.1 Å². The molecule has 1 rings (SSSR count). The molecular weight excluding hydrogens is 297 g/mol. The largest absolute Gasteiger partial charge is 0.393 e. The fraction of sp³-hybridized carbons (Fsp3) is 0.222. The topological polar surface area (TPSA) is 72.5 Å². The van der Waals surface area contributed by atoms with Gasteiger partial charge in [-0.05, 0) is 5.56 Å². The Morgan fingerprint density at radius 2 is 2.00 bits per heavy atom. The summed E-state index contributed by atoms with van der Waals surface area (Å²) in [7, 11) is 0. The predicted molar refractivity (Wildman–Crippen MR) is 59.5 cm³/mol. The van der Waals surface area contributed by atoms with E-state index >= 15 is 0 Å². The Kier molecular flexibility index (Phi) is 4.30. The average Bonchev–Trinajstić information content (AvgIpc) is 2.27. The zero-order valence-corrected chi connectivity index (χ0v) is 9.42. The number of halogens is 1. The summed E-state index contributed by atoms with van der Waals surface area (Å²) >= 11 is 1.42. The predicted octanol–water partition coefficient (Wildman–Crippen LogP) is 0.941. The van der Waals surface area contributed by atoms with Gasteiger partial charge in [0, 0.05) is 0 Å². The highest BCUT2D eigenvalue weighted by Gasteiger charge is 2.25. The van der Waals surface area contributed by atoms with E-state index in [0.717, 1.165) is 0 Å². The Labute approximate surface area is 95.7 Å². The van der Waals surface area contributed by atoms with Crippen LogP contribution in [-0.4, -0.2) is 17.2 Å². The van der Waals surface area contributed by atoms with Gasteiger partial charge in [0.1, 0.15) is 0 Å². The van der Waals surface area contributed by atoms with E-state index in [9.17, 15) is 9.90 Å². The maximum Gasteiger partial charge on any atom is 0.346 e. The molecular formula is C9H10INO3. The van der Waals surface area contributed by atoms with E-state index in [2.05, 4.69) is 3.07 Å². The summed E-state index contributed by atoms with van der Waals surface area (Å²) in [5, 5.41) is 9.44. The first-order valence-corrected chi connectivity index (χ1v) is 4.86. The number of nitrogens with two attached hydrogens (primary N) is 1. The Bertz CT molecular complexity index is 304. The molecule has 3 N–H and O–H groups in total. The second kappa shape index (κ2) is 5.28. The van der Waals surface area contributed by atoms with Crippen molar-refractivity contribution in [1.29, 1.82) is 0 Å². The van der Waals surface area contributed by atoms with Crippen LogP contribution in [0.3, 0.4) is 0 Å². The van der Waals surface area contributed by atoms with E-state index in [1.165, 1.54) is 23.0 Å². The molecule has 0 heterocycles. The summed E-state index contributed by atoms with van der Waals surface area (Å²) in [6.07, 6.45) is -1.32. The number of carbonyl (C=O) groups excluding carboxylic acids is 1. The van der Waals surface area contributed by atoms with E-state index in [1.807, 2.05) is 6.07 Å². The molecule has 0 amide bonds. The van der Waals surface area contributed by atoms with Crippen LogP contribution in [0.25, 0.3) is 0 Å². The molecule has 0 aliphatic carbocycles. The fourth-order valence-corrected chi connectivity index (χ4v) is 1.31. The molecule has 0 spiro atoms. The third-order valence-corrected chi connectivity index (χ3v) is 2.28. The van der Waals surface area contributed by atoms with Crippen molar-refractivity contribution in [2.45, 2.75) is 12.1 Å². The minimum Gasteiger partial charge on any atom is -0.393 e. The van der Waals surface area contributed by atoms with Gasteiger partial charge in [0.05, 0.1) is 6.04 Å². The molecule has 0 fully saturated rings. The molecule has 0 saturated carbocycles. The quantitative estimate of drug-likeness (QED) is 0.815. The third kappa shape index (κ3) is 2.66. The maximum atomic E-state index is 11.0. The zero-order valence-electron chi connectivity index (χ0n) is 7.26. The Morgan fingerprint density at radius 3 is 2.50 bits per heavy atom. The van der Waals surface area contributed by atoms with Gasteiger partial charge in [-0.15, -0.1) is 0 Å². The summed E-state index contributed by atoms with van der Waals surface area (Å²) in [5.41, 5.74) is 6.36. The average molecular weight is 307 g/mol. The van der Waals surface area contributed by atoms with Gasteiger partial charge >= 0.3 is 5.97 Å². The normalized spacial score (nSPS) is 14.5. The minimum atomic E-state index is -1.32. The lowest BCUT2D eigenvalue weighted by atomic mass is 10.0. The molecule has 0 aliphatic rings. The molecule has 0 aliphatic heterocycles. The molecule has 4 nitrogen and oxygen atoms in total. The maximum absolute atomic E-state index is 11.0. The van der Waals surface area contributed by atoms with Crippen LogP contribution in [0.1, 0.15) is 11.6 Å². The number of rotatable bonds is 3. The van der Waals surface area contributed by atoms with Crippen molar-refractivity contribution in [2.75, 3.05) is 0 Å². The monoisotopic (exact) mass is 307 g/mol. The third-order valence-electron chi connectivity index (χ3n) is 1.84. The van der Waals surface area contributed by atoms with Crippen molar-refractivity contribution in [3.63, 3.8) is 0 Å². The molecule has 0 bridgehead atoms. The molecule has 1 unspecified atom stereocenters. The molecule has 0 radical (unpaired) electrons. The van der Waals surface area contributed by atoms with Crippen molar-refractivity contribution in [1.82, 2.24) is 0 Å². The van der Waals surface area contributed by atoms with Crippen LogP contribution in [0.2, 0.25) is 0 Å². The van der Waals surface area contributed by atoms with Gasteiger partial charge in [-0.3, -0.25) is 0 Å². The van der Waals surface area contributed by atoms with Crippen LogP contribution in [-0.2, 0) is 7.86 Å². The molecule has 0 saturated heterocycles. The van der Waals surface area contributed by atoms with Gasteiger partial charge in [-0.2, -0.15) is 0 Å². The highest BCUT2D eigenvalue weighted by Crippen LogP contribution is 2.15. The lowest BCUT2D eigenvalue weighted by Gasteiger charge is -2.15. The molecule has 14 heavy (non-hydrogen) atoms. The number of aliphatic hydroxyl groups excluding tert-OH is 1. The van der Waals surface area contributed by atoms with Gasteiger partial charge in [-0.1, -0.05) is 30.3 Å². The highest BCUT2D eigenvalue weighted by molar-refractivity contribution is 14.1. The van der Waals surface area contributed by atoms with Crippen LogP contribution < -0.4 is 5.73 Å². The Morgan fingerprint density at radius 1 is 1.43 bits per heavy atom. The number of carbonyl (C=O) groups is 1. The van der Waals surface area contributed by atoms with Crippen molar-refractivity contribution in [2.24, 2.45) is 5.73 Å². The van der Waals surface area contributed by atoms with Crippen molar-refractivity contribution >= 4 is 29.0 Å². The number of aliphatic hydroxyl groups is 1. The molecule has 1 aromatic carbocycles. The SMILES string of the molecule is NC(c1ccccc1)[C@H](O)C(=O)OI. The summed E-state index contributed by atoms with van der Waals surface area (Å²) in [6, 6.07) is 8.15. The van der Waals surface area contributed by atoms with Crippen LogP contribution in [0, 0.1) is 0 Å². The summed E-state index contributed by atoms with van der Waals surface area (Å²) in [4.78, 5) is 11.0. The van der Waals surface area contributed by atoms with E-state index in [0.29, 0.717) is 5.56 Å². The van der Waals surface area contributed by atoms with Gasteiger partial charge < -0.3 is 13.9 Å². The van der Waals surface area contributed by atoms with Gasteiger partial charge in [0.2, 0.25) is 0 Å². The number of hydrogen-bond acceptors (Lipinski definition) is 4.